The first-order valence-electron chi connectivity index (χ1n) is 9.89. The zero-order valence-corrected chi connectivity index (χ0v) is 17.1. The number of benzene rings is 1. The smallest absolute Gasteiger partial charge is 0.227 e. The van der Waals surface area contributed by atoms with Gasteiger partial charge in [0.1, 0.15) is 5.75 Å². The van der Waals surface area contributed by atoms with E-state index in [1.807, 2.05) is 38.1 Å². The van der Waals surface area contributed by atoms with E-state index in [1.54, 1.807) is 9.21 Å². The molecule has 2 fully saturated rings. The second-order valence-corrected chi connectivity index (χ2v) is 9.90. The van der Waals surface area contributed by atoms with Gasteiger partial charge >= 0.3 is 0 Å². The van der Waals surface area contributed by atoms with Gasteiger partial charge in [0.25, 0.3) is 0 Å². The maximum absolute atomic E-state index is 12.7. The Kier molecular flexibility index (Phi) is 6.42. The van der Waals surface area contributed by atoms with E-state index in [0.29, 0.717) is 39.0 Å². The van der Waals surface area contributed by atoms with Crippen LogP contribution in [0.15, 0.2) is 24.3 Å². The molecular formula is C20H30N2O4S. The van der Waals surface area contributed by atoms with Gasteiger partial charge < -0.3 is 9.64 Å². The number of rotatable bonds is 6. The van der Waals surface area contributed by atoms with Crippen LogP contribution >= 0.6 is 0 Å². The number of piperidine rings is 1. The predicted octanol–water partition coefficient (Wildman–Crippen LogP) is 2.43. The fourth-order valence-electron chi connectivity index (χ4n) is 3.85. The monoisotopic (exact) mass is 394 g/mol. The second kappa shape index (κ2) is 8.61. The number of nitrogens with zero attached hydrogens (tertiary/aromatic N) is 2. The molecule has 0 aromatic heterocycles. The van der Waals surface area contributed by atoms with E-state index in [2.05, 4.69) is 0 Å². The number of ether oxygens (including phenoxy) is 1. The molecule has 0 atom stereocenters. The average molecular weight is 395 g/mol. The molecular weight excluding hydrogens is 364 g/mol. The third-order valence-electron chi connectivity index (χ3n) is 5.32. The SMILES string of the molecule is CC(C)Oc1ccccc1CC(=O)N1CCC(S(=O)(=O)N2CCCC2)CC1. The molecule has 6 nitrogen and oxygen atoms in total. The van der Waals surface area contributed by atoms with Gasteiger partial charge in [-0.05, 0) is 45.6 Å². The molecule has 0 spiro atoms. The Morgan fingerprint density at radius 2 is 1.74 bits per heavy atom. The Morgan fingerprint density at radius 1 is 1.11 bits per heavy atom. The summed E-state index contributed by atoms with van der Waals surface area (Å²) in [6.45, 7) is 6.23. The number of sulfonamides is 1. The normalized spacial score (nSPS) is 19.6. The molecule has 2 heterocycles. The Bertz CT molecular complexity index is 749. The van der Waals surface area contributed by atoms with Crippen LogP contribution in [0.1, 0.15) is 45.1 Å². The molecule has 7 heteroatoms. The quantitative estimate of drug-likeness (QED) is 0.743. The van der Waals surface area contributed by atoms with Crippen LogP contribution in [-0.2, 0) is 21.2 Å². The van der Waals surface area contributed by atoms with Crippen LogP contribution in [0.25, 0.3) is 0 Å². The van der Waals surface area contributed by atoms with Gasteiger partial charge in [-0.1, -0.05) is 18.2 Å². The van der Waals surface area contributed by atoms with E-state index < -0.39 is 10.0 Å². The highest BCUT2D eigenvalue weighted by molar-refractivity contribution is 7.89. The maximum Gasteiger partial charge on any atom is 0.227 e. The molecule has 2 aliphatic rings. The number of hydrogen-bond acceptors (Lipinski definition) is 4. The maximum atomic E-state index is 12.7. The minimum atomic E-state index is -3.21. The van der Waals surface area contributed by atoms with Crippen molar-refractivity contribution in [3.63, 3.8) is 0 Å². The number of carbonyl (C=O) groups is 1. The zero-order chi connectivity index (χ0) is 19.4. The van der Waals surface area contributed by atoms with E-state index in [9.17, 15) is 13.2 Å². The van der Waals surface area contributed by atoms with E-state index in [1.165, 1.54) is 0 Å². The summed E-state index contributed by atoms with van der Waals surface area (Å²) in [5, 5.41) is -0.351. The minimum absolute atomic E-state index is 0.0341. The fraction of sp³-hybridized carbons (Fsp3) is 0.650. The molecule has 1 amide bonds. The van der Waals surface area contributed by atoms with Gasteiger partial charge in [0, 0.05) is 31.7 Å². The van der Waals surface area contributed by atoms with Crippen LogP contribution in [0.3, 0.4) is 0 Å². The summed E-state index contributed by atoms with van der Waals surface area (Å²) in [6, 6.07) is 7.61. The van der Waals surface area contributed by atoms with Gasteiger partial charge in [-0.25, -0.2) is 12.7 Å². The summed E-state index contributed by atoms with van der Waals surface area (Å²) < 4.78 is 32.8. The molecule has 27 heavy (non-hydrogen) atoms. The lowest BCUT2D eigenvalue weighted by molar-refractivity contribution is -0.131. The topological polar surface area (TPSA) is 66.9 Å². The summed E-state index contributed by atoms with van der Waals surface area (Å²) in [5.41, 5.74) is 0.878. The van der Waals surface area contributed by atoms with Crippen LogP contribution in [0.2, 0.25) is 0 Å². The van der Waals surface area contributed by atoms with E-state index >= 15 is 0 Å². The first-order valence-corrected chi connectivity index (χ1v) is 11.4. The Labute approximate surface area is 162 Å². The van der Waals surface area contributed by atoms with Crippen molar-refractivity contribution in [2.45, 2.75) is 57.3 Å². The van der Waals surface area contributed by atoms with Gasteiger partial charge in [-0.3, -0.25) is 4.79 Å². The number of carbonyl (C=O) groups excluding carboxylic acids is 1. The van der Waals surface area contributed by atoms with Gasteiger partial charge in [-0.2, -0.15) is 0 Å². The van der Waals surface area contributed by atoms with Crippen molar-refractivity contribution in [2.24, 2.45) is 0 Å². The van der Waals surface area contributed by atoms with Crippen molar-refractivity contribution in [1.82, 2.24) is 9.21 Å². The molecule has 2 aliphatic heterocycles. The molecule has 0 unspecified atom stereocenters. The fourth-order valence-corrected chi connectivity index (χ4v) is 5.85. The summed E-state index contributed by atoms with van der Waals surface area (Å²) in [4.78, 5) is 14.5. The van der Waals surface area contributed by atoms with Crippen molar-refractivity contribution in [1.29, 1.82) is 0 Å². The van der Waals surface area contributed by atoms with Gasteiger partial charge in [0.05, 0.1) is 17.8 Å². The molecule has 0 aliphatic carbocycles. The van der Waals surface area contributed by atoms with E-state index in [4.69, 9.17) is 4.74 Å². The van der Waals surface area contributed by atoms with Crippen molar-refractivity contribution < 1.29 is 17.9 Å². The third-order valence-corrected chi connectivity index (χ3v) is 7.72. The summed E-state index contributed by atoms with van der Waals surface area (Å²) >= 11 is 0. The number of hydrogen-bond donors (Lipinski definition) is 0. The highest BCUT2D eigenvalue weighted by Crippen LogP contribution is 2.26. The second-order valence-electron chi connectivity index (χ2n) is 7.68. The molecule has 0 radical (unpaired) electrons. The summed E-state index contributed by atoms with van der Waals surface area (Å²) in [6.07, 6.45) is 3.28. The Morgan fingerprint density at radius 3 is 2.37 bits per heavy atom. The lowest BCUT2D eigenvalue weighted by Gasteiger charge is -2.33. The van der Waals surface area contributed by atoms with Gasteiger partial charge in [-0.15, -0.1) is 0 Å². The first kappa shape index (κ1) is 20.1. The minimum Gasteiger partial charge on any atom is -0.491 e. The van der Waals surface area contributed by atoms with Gasteiger partial charge in [0.15, 0.2) is 0 Å². The number of likely N-dealkylation sites (tertiary alicyclic amines) is 1. The zero-order valence-electron chi connectivity index (χ0n) is 16.3. The highest BCUT2D eigenvalue weighted by atomic mass is 32.2. The number of amides is 1. The Balaban J connectivity index is 1.58. The van der Waals surface area contributed by atoms with Crippen LogP contribution in [0.5, 0.6) is 5.75 Å². The molecule has 1 aromatic carbocycles. The van der Waals surface area contributed by atoms with Crippen molar-refractivity contribution >= 4 is 15.9 Å². The van der Waals surface area contributed by atoms with Crippen molar-refractivity contribution in [2.75, 3.05) is 26.2 Å². The molecule has 3 rings (SSSR count). The summed E-state index contributed by atoms with van der Waals surface area (Å²) in [7, 11) is -3.21. The van der Waals surface area contributed by atoms with Gasteiger partial charge in [0.2, 0.25) is 15.9 Å². The Hall–Kier alpha value is -1.60. The molecule has 2 saturated heterocycles. The van der Waals surface area contributed by atoms with Crippen LogP contribution in [0.4, 0.5) is 0 Å². The van der Waals surface area contributed by atoms with Crippen molar-refractivity contribution in [3.8, 4) is 5.75 Å². The first-order chi connectivity index (χ1) is 12.9. The lowest BCUT2D eigenvalue weighted by Crippen LogP contribution is -2.46. The number of para-hydroxylation sites is 1. The van der Waals surface area contributed by atoms with E-state index in [-0.39, 0.29) is 23.7 Å². The highest BCUT2D eigenvalue weighted by Gasteiger charge is 2.36. The van der Waals surface area contributed by atoms with Crippen molar-refractivity contribution in [3.05, 3.63) is 29.8 Å². The van der Waals surface area contributed by atoms with Crippen LogP contribution in [0, 0.1) is 0 Å². The van der Waals surface area contributed by atoms with Crippen LogP contribution in [-0.4, -0.2) is 61.1 Å². The van der Waals surface area contributed by atoms with Crippen LogP contribution < -0.4 is 4.74 Å². The average Bonchev–Trinajstić information content (AvgIpc) is 3.18. The third kappa shape index (κ3) is 4.82. The van der Waals surface area contributed by atoms with E-state index in [0.717, 1.165) is 24.2 Å². The molecule has 0 N–H and O–H groups in total. The lowest BCUT2D eigenvalue weighted by atomic mass is 10.1. The largest absolute Gasteiger partial charge is 0.491 e. The summed E-state index contributed by atoms with van der Waals surface area (Å²) in [5.74, 6) is 0.777. The molecule has 0 bridgehead atoms. The molecule has 1 aromatic rings. The standard InChI is InChI=1S/C20H30N2O4S/c1-16(2)26-19-8-4-3-7-17(19)15-20(23)21-13-9-18(10-14-21)27(24,25)22-11-5-6-12-22/h3-4,7-8,16,18H,5-6,9-15H2,1-2H3. The molecule has 0 saturated carbocycles. The predicted molar refractivity (Wildman–Crippen MR) is 105 cm³/mol. The molecule has 150 valence electrons.